The van der Waals surface area contributed by atoms with Crippen molar-refractivity contribution in [2.75, 3.05) is 0 Å². The summed E-state index contributed by atoms with van der Waals surface area (Å²) in [6, 6.07) is 0.987. The summed E-state index contributed by atoms with van der Waals surface area (Å²) >= 11 is 0. The highest BCUT2D eigenvalue weighted by Gasteiger charge is 2.19. The van der Waals surface area contributed by atoms with Crippen LogP contribution in [0.3, 0.4) is 0 Å². The average Bonchev–Trinajstić information content (AvgIpc) is 2.95. The Labute approximate surface area is 116 Å². The van der Waals surface area contributed by atoms with Gasteiger partial charge in [-0.15, -0.1) is 0 Å². The molecule has 2 aromatic heterocycles. The number of nitrogens with two attached hydrogens (primary N) is 1. The maximum Gasteiger partial charge on any atom is 0.268 e. The lowest BCUT2D eigenvalue weighted by molar-refractivity contribution is 0.0931. The van der Waals surface area contributed by atoms with Gasteiger partial charge in [-0.3, -0.25) is 9.89 Å². The van der Waals surface area contributed by atoms with Gasteiger partial charge in [0.25, 0.3) is 5.91 Å². The first-order chi connectivity index (χ1) is 9.29. The van der Waals surface area contributed by atoms with Crippen LogP contribution in [0.5, 0.6) is 0 Å². The van der Waals surface area contributed by atoms with Crippen LogP contribution in [0.15, 0.2) is 29.6 Å². The Bertz CT molecular complexity index is 717. The van der Waals surface area contributed by atoms with E-state index < -0.39 is 15.9 Å². The Kier molecular flexibility index (Phi) is 3.64. The molecule has 0 spiro atoms. The van der Waals surface area contributed by atoms with Crippen molar-refractivity contribution in [2.45, 2.75) is 17.9 Å². The molecular formula is C11H15N5O3S. The summed E-state index contributed by atoms with van der Waals surface area (Å²) in [7, 11) is -2.25. The highest BCUT2D eigenvalue weighted by molar-refractivity contribution is 7.89. The van der Waals surface area contributed by atoms with E-state index in [4.69, 9.17) is 5.14 Å². The van der Waals surface area contributed by atoms with E-state index >= 15 is 0 Å². The number of nitrogens with zero attached hydrogens (tertiary/aromatic N) is 2. The summed E-state index contributed by atoms with van der Waals surface area (Å²) in [6.45, 7) is 1.80. The van der Waals surface area contributed by atoms with Crippen LogP contribution in [0.4, 0.5) is 0 Å². The molecule has 0 radical (unpaired) electrons. The Morgan fingerprint density at radius 1 is 1.55 bits per heavy atom. The van der Waals surface area contributed by atoms with Crippen LogP contribution in [0, 0.1) is 0 Å². The van der Waals surface area contributed by atoms with Gasteiger partial charge in [0, 0.05) is 25.0 Å². The molecule has 1 amide bonds. The number of aromatic nitrogens is 3. The van der Waals surface area contributed by atoms with Crippen molar-refractivity contribution in [3.63, 3.8) is 0 Å². The lowest BCUT2D eigenvalue weighted by Crippen LogP contribution is -2.27. The van der Waals surface area contributed by atoms with E-state index in [2.05, 4.69) is 15.5 Å². The number of rotatable bonds is 4. The number of aromatic amines is 1. The molecule has 20 heavy (non-hydrogen) atoms. The van der Waals surface area contributed by atoms with Crippen LogP contribution in [0.1, 0.15) is 29.0 Å². The number of carbonyl (C=O) groups excluding carboxylic acids is 1. The summed E-state index contributed by atoms with van der Waals surface area (Å²) in [5, 5.41) is 14.2. The van der Waals surface area contributed by atoms with Crippen molar-refractivity contribution < 1.29 is 13.2 Å². The second-order valence-corrected chi connectivity index (χ2v) is 6.01. The molecule has 8 nitrogen and oxygen atoms in total. The van der Waals surface area contributed by atoms with E-state index in [0.29, 0.717) is 0 Å². The number of nitrogens with one attached hydrogen (secondary N) is 2. The first-order valence-corrected chi connectivity index (χ1v) is 7.32. The molecule has 2 heterocycles. The fraction of sp³-hybridized carbons (Fsp3) is 0.273. The molecule has 0 saturated carbocycles. The number of hydrogen-bond donors (Lipinski definition) is 3. The van der Waals surface area contributed by atoms with Gasteiger partial charge in [0.15, 0.2) is 0 Å². The van der Waals surface area contributed by atoms with Crippen molar-refractivity contribution in [2.24, 2.45) is 12.2 Å². The normalized spacial score (nSPS) is 13.2. The topological polar surface area (TPSA) is 123 Å². The third-order valence-corrected chi connectivity index (χ3v) is 3.79. The molecule has 1 unspecified atom stereocenters. The average molecular weight is 297 g/mol. The van der Waals surface area contributed by atoms with Crippen LogP contribution >= 0.6 is 0 Å². The molecule has 0 aliphatic carbocycles. The molecule has 0 aliphatic rings. The lowest BCUT2D eigenvalue weighted by Gasteiger charge is -2.12. The Balaban J connectivity index is 2.20. The van der Waals surface area contributed by atoms with Gasteiger partial charge >= 0.3 is 0 Å². The molecule has 2 aromatic rings. The first-order valence-electron chi connectivity index (χ1n) is 5.77. The molecule has 108 valence electrons. The Morgan fingerprint density at radius 3 is 2.75 bits per heavy atom. The van der Waals surface area contributed by atoms with Gasteiger partial charge < -0.3 is 9.88 Å². The predicted molar refractivity (Wildman–Crippen MR) is 71.3 cm³/mol. The second-order valence-electron chi connectivity index (χ2n) is 4.44. The summed E-state index contributed by atoms with van der Waals surface area (Å²) in [5.41, 5.74) is 1.03. The van der Waals surface area contributed by atoms with Gasteiger partial charge in [-0.25, -0.2) is 13.6 Å². The minimum absolute atomic E-state index is 0.0962. The van der Waals surface area contributed by atoms with Crippen molar-refractivity contribution in [1.82, 2.24) is 20.1 Å². The summed E-state index contributed by atoms with van der Waals surface area (Å²) in [4.78, 5) is 12.0. The van der Waals surface area contributed by atoms with Gasteiger partial charge in [-0.2, -0.15) is 5.10 Å². The van der Waals surface area contributed by atoms with E-state index in [0.717, 1.165) is 5.56 Å². The molecule has 0 aromatic carbocycles. The third kappa shape index (κ3) is 2.89. The number of carbonyl (C=O) groups is 1. The zero-order chi connectivity index (χ0) is 14.9. The van der Waals surface area contributed by atoms with Gasteiger partial charge in [-0.05, 0) is 13.0 Å². The standard InChI is InChI=1S/C11H15N5O3S/c1-7(8-4-13-14-5-8)15-11(17)10-3-9(6-16(10)2)20(12,18)19/h3-7H,1-2H3,(H,13,14)(H,15,17)(H2,12,18,19). The van der Waals surface area contributed by atoms with Gasteiger partial charge in [-0.1, -0.05) is 0 Å². The quantitative estimate of drug-likeness (QED) is 0.728. The zero-order valence-electron chi connectivity index (χ0n) is 11.0. The number of sulfonamides is 1. The zero-order valence-corrected chi connectivity index (χ0v) is 11.8. The second kappa shape index (κ2) is 5.10. The molecule has 0 fully saturated rings. The monoisotopic (exact) mass is 297 g/mol. The van der Waals surface area contributed by atoms with Gasteiger partial charge in [0.2, 0.25) is 10.0 Å². The first kappa shape index (κ1) is 14.3. The molecular weight excluding hydrogens is 282 g/mol. The minimum Gasteiger partial charge on any atom is -0.345 e. The number of hydrogen-bond acceptors (Lipinski definition) is 4. The van der Waals surface area contributed by atoms with Crippen molar-refractivity contribution >= 4 is 15.9 Å². The fourth-order valence-electron chi connectivity index (χ4n) is 1.77. The summed E-state index contributed by atoms with van der Waals surface area (Å²) in [5.74, 6) is -0.392. The van der Waals surface area contributed by atoms with Crippen LogP contribution in [0.25, 0.3) is 0 Å². The molecule has 0 bridgehead atoms. The summed E-state index contributed by atoms with van der Waals surface area (Å²) in [6.07, 6.45) is 4.57. The maximum atomic E-state index is 12.1. The number of aryl methyl sites for hydroxylation is 1. The van der Waals surface area contributed by atoms with Crippen molar-refractivity contribution in [3.8, 4) is 0 Å². The van der Waals surface area contributed by atoms with E-state index in [1.165, 1.54) is 16.8 Å². The van der Waals surface area contributed by atoms with E-state index in [1.807, 2.05) is 0 Å². The smallest absolute Gasteiger partial charge is 0.268 e. The molecule has 2 rings (SSSR count). The van der Waals surface area contributed by atoms with E-state index in [9.17, 15) is 13.2 Å². The highest BCUT2D eigenvalue weighted by Crippen LogP contribution is 2.14. The molecule has 0 aliphatic heterocycles. The predicted octanol–water partition coefficient (Wildman–Crippen LogP) is -0.113. The SMILES string of the molecule is CC(NC(=O)c1cc(S(N)(=O)=O)cn1C)c1cn[nH]c1. The van der Waals surface area contributed by atoms with Crippen LogP contribution in [-0.4, -0.2) is 29.1 Å². The van der Waals surface area contributed by atoms with Crippen LogP contribution in [0.2, 0.25) is 0 Å². The molecule has 9 heteroatoms. The lowest BCUT2D eigenvalue weighted by atomic mass is 10.2. The fourth-order valence-corrected chi connectivity index (χ4v) is 2.35. The molecule has 4 N–H and O–H groups in total. The van der Waals surface area contributed by atoms with E-state index in [-0.39, 0.29) is 16.6 Å². The van der Waals surface area contributed by atoms with Gasteiger partial charge in [0.1, 0.15) is 10.6 Å². The summed E-state index contributed by atoms with van der Waals surface area (Å²) < 4.78 is 23.9. The van der Waals surface area contributed by atoms with Gasteiger partial charge in [0.05, 0.1) is 12.2 Å². The van der Waals surface area contributed by atoms with Crippen molar-refractivity contribution in [1.29, 1.82) is 0 Å². The van der Waals surface area contributed by atoms with Crippen LogP contribution in [-0.2, 0) is 17.1 Å². The number of H-pyrrole nitrogens is 1. The van der Waals surface area contributed by atoms with E-state index in [1.54, 1.807) is 26.4 Å². The Morgan fingerprint density at radius 2 is 2.25 bits per heavy atom. The van der Waals surface area contributed by atoms with Crippen LogP contribution < -0.4 is 10.5 Å². The minimum atomic E-state index is -3.83. The van der Waals surface area contributed by atoms with Crippen molar-refractivity contribution in [3.05, 3.63) is 35.9 Å². The molecule has 0 saturated heterocycles. The highest BCUT2D eigenvalue weighted by atomic mass is 32.2. The number of amides is 1. The Hall–Kier alpha value is -2.13. The third-order valence-electron chi connectivity index (χ3n) is 2.91. The number of primary sulfonamides is 1. The maximum absolute atomic E-state index is 12.1. The largest absolute Gasteiger partial charge is 0.345 e. The molecule has 1 atom stereocenters.